The Morgan fingerprint density at radius 3 is 2.41 bits per heavy atom. The highest BCUT2D eigenvalue weighted by Crippen LogP contribution is 2.32. The summed E-state index contributed by atoms with van der Waals surface area (Å²) in [6.07, 6.45) is 2.48. The molecule has 2 N–H and O–H groups in total. The van der Waals surface area contributed by atoms with E-state index in [1.54, 1.807) is 12.0 Å². The molecule has 0 atom stereocenters. The van der Waals surface area contributed by atoms with Crippen molar-refractivity contribution in [3.05, 3.63) is 35.5 Å². The number of amides is 3. The molecule has 10 heteroatoms. The predicted octanol–water partition coefficient (Wildman–Crippen LogP) is 4.19. The quantitative estimate of drug-likeness (QED) is 0.621. The van der Waals surface area contributed by atoms with E-state index in [4.69, 9.17) is 19.4 Å². The van der Waals surface area contributed by atoms with Crippen LogP contribution in [0.15, 0.2) is 24.3 Å². The van der Waals surface area contributed by atoms with E-state index in [9.17, 15) is 9.59 Å². The minimum atomic E-state index is -0.561. The Balaban J connectivity index is 1.64. The molecule has 0 saturated carbocycles. The van der Waals surface area contributed by atoms with E-state index in [0.29, 0.717) is 37.6 Å². The van der Waals surface area contributed by atoms with Crippen LogP contribution in [0.2, 0.25) is 0 Å². The van der Waals surface area contributed by atoms with Crippen LogP contribution in [0.4, 0.5) is 21.1 Å². The number of nitrogens with zero attached hydrogens (tertiary/aromatic N) is 4. The molecule has 0 bridgehead atoms. The van der Waals surface area contributed by atoms with Crippen molar-refractivity contribution in [1.29, 1.82) is 0 Å². The zero-order valence-corrected chi connectivity index (χ0v) is 22.5. The van der Waals surface area contributed by atoms with Gasteiger partial charge < -0.3 is 29.9 Å². The van der Waals surface area contributed by atoms with Crippen LogP contribution >= 0.6 is 0 Å². The van der Waals surface area contributed by atoms with Crippen LogP contribution < -0.4 is 15.5 Å². The van der Waals surface area contributed by atoms with Gasteiger partial charge in [0.05, 0.1) is 18.3 Å². The minimum Gasteiger partial charge on any atom is -0.444 e. The fraction of sp³-hybridized carbons (Fsp3) is 0.556. The summed E-state index contributed by atoms with van der Waals surface area (Å²) in [7, 11) is 1.76. The lowest BCUT2D eigenvalue weighted by Crippen LogP contribution is -2.42. The number of hydrogen-bond acceptors (Lipinski definition) is 7. The van der Waals surface area contributed by atoms with E-state index < -0.39 is 5.60 Å². The molecule has 2 aliphatic heterocycles. The Hall–Kier alpha value is -3.40. The van der Waals surface area contributed by atoms with E-state index >= 15 is 0 Å². The number of hydrogen-bond donors (Lipinski definition) is 2. The normalized spacial score (nSPS) is 16.2. The summed E-state index contributed by atoms with van der Waals surface area (Å²) in [4.78, 5) is 38.6. The van der Waals surface area contributed by atoms with Gasteiger partial charge >= 0.3 is 12.1 Å². The van der Waals surface area contributed by atoms with Crippen molar-refractivity contribution in [2.75, 3.05) is 43.5 Å². The van der Waals surface area contributed by atoms with Crippen molar-refractivity contribution in [3.63, 3.8) is 0 Å². The number of carbonyl (C=O) groups is 2. The molecule has 2 aromatic rings. The number of aromatic nitrogens is 2. The Morgan fingerprint density at radius 2 is 1.78 bits per heavy atom. The molecule has 3 heterocycles. The summed E-state index contributed by atoms with van der Waals surface area (Å²) in [6, 6.07) is 7.23. The number of nitrogens with one attached hydrogen (secondary N) is 2. The second-order valence-electron chi connectivity index (χ2n) is 10.4. The highest BCUT2D eigenvalue weighted by Gasteiger charge is 2.31. The van der Waals surface area contributed by atoms with E-state index in [1.165, 1.54) is 0 Å². The second-order valence-corrected chi connectivity index (χ2v) is 10.4. The zero-order valence-electron chi connectivity index (χ0n) is 22.5. The van der Waals surface area contributed by atoms with Crippen molar-refractivity contribution in [2.45, 2.75) is 65.2 Å². The molecule has 3 amide bonds. The number of urea groups is 1. The van der Waals surface area contributed by atoms with E-state index in [-0.39, 0.29) is 18.2 Å². The average molecular weight is 511 g/mol. The summed E-state index contributed by atoms with van der Waals surface area (Å²) in [6.45, 7) is 10.7. The van der Waals surface area contributed by atoms with Crippen molar-refractivity contribution >= 4 is 23.6 Å². The Morgan fingerprint density at radius 1 is 1.08 bits per heavy atom. The van der Waals surface area contributed by atoms with Gasteiger partial charge in [0.15, 0.2) is 5.82 Å². The smallest absolute Gasteiger partial charge is 0.410 e. The maximum absolute atomic E-state index is 12.8. The molecule has 4 rings (SSSR count). The molecule has 1 aromatic heterocycles. The number of anilines is 2. The van der Waals surface area contributed by atoms with Gasteiger partial charge in [-0.15, -0.1) is 0 Å². The number of methoxy groups -OCH3 is 1. The molecule has 10 nitrogen and oxygen atoms in total. The number of carbonyl (C=O) groups excluding carboxylic acids is 2. The highest BCUT2D eigenvalue weighted by molar-refractivity contribution is 5.89. The third-order valence-electron chi connectivity index (χ3n) is 6.51. The molecule has 37 heavy (non-hydrogen) atoms. The molecule has 1 aromatic carbocycles. The van der Waals surface area contributed by atoms with Gasteiger partial charge in [-0.05, 0) is 71.2 Å². The summed E-state index contributed by atoms with van der Waals surface area (Å²) in [5.41, 5.74) is 2.90. The SMILES string of the molecule is CCNC(=O)Nc1ccc(-c2nc3c(c(N4CCC(OC)CC4)n2)CCN(C(=O)OC(C)(C)C)C3)cc1. The molecule has 0 spiro atoms. The molecule has 1 saturated heterocycles. The first-order chi connectivity index (χ1) is 17.7. The maximum Gasteiger partial charge on any atom is 0.410 e. The number of piperidine rings is 1. The van der Waals surface area contributed by atoms with Crippen LogP contribution in [-0.4, -0.2) is 72.0 Å². The average Bonchev–Trinajstić information content (AvgIpc) is 2.87. The van der Waals surface area contributed by atoms with Gasteiger partial charge in [-0.1, -0.05) is 0 Å². The first-order valence-corrected chi connectivity index (χ1v) is 13.0. The molecule has 1 fully saturated rings. The molecule has 2 aliphatic rings. The lowest BCUT2D eigenvalue weighted by molar-refractivity contribution is 0.0220. The van der Waals surface area contributed by atoms with E-state index in [1.807, 2.05) is 52.0 Å². The lowest BCUT2D eigenvalue weighted by Gasteiger charge is -2.36. The molecular weight excluding hydrogens is 472 g/mol. The van der Waals surface area contributed by atoms with Gasteiger partial charge in [0.25, 0.3) is 0 Å². The standard InChI is InChI=1S/C27H38N6O4/c1-6-28-25(34)29-19-9-7-18(8-10-19)23-30-22-17-33(26(35)37-27(2,3)4)16-13-21(22)24(31-23)32-14-11-20(36-5)12-15-32/h7-10,20H,6,11-17H2,1-5H3,(H2,28,29,34). The van der Waals surface area contributed by atoms with Crippen LogP contribution in [0.25, 0.3) is 11.4 Å². The molecule has 0 radical (unpaired) electrons. The number of ether oxygens (including phenoxy) is 2. The highest BCUT2D eigenvalue weighted by atomic mass is 16.6. The second kappa shape index (κ2) is 11.3. The minimum absolute atomic E-state index is 0.246. The van der Waals surface area contributed by atoms with Crippen molar-refractivity contribution < 1.29 is 19.1 Å². The monoisotopic (exact) mass is 510 g/mol. The van der Waals surface area contributed by atoms with Crippen LogP contribution in [0.5, 0.6) is 0 Å². The van der Waals surface area contributed by atoms with Crippen molar-refractivity contribution in [2.24, 2.45) is 0 Å². The zero-order chi connectivity index (χ0) is 26.6. The van der Waals surface area contributed by atoms with Gasteiger partial charge in [-0.2, -0.15) is 0 Å². The molecular formula is C27H38N6O4. The first-order valence-electron chi connectivity index (χ1n) is 13.0. The predicted molar refractivity (Wildman–Crippen MR) is 143 cm³/mol. The summed E-state index contributed by atoms with van der Waals surface area (Å²) < 4.78 is 11.2. The fourth-order valence-corrected chi connectivity index (χ4v) is 4.63. The Bertz CT molecular complexity index is 1110. The van der Waals surface area contributed by atoms with Crippen LogP contribution in [0.1, 0.15) is 51.8 Å². The first kappa shape index (κ1) is 26.7. The summed E-state index contributed by atoms with van der Waals surface area (Å²) >= 11 is 0. The van der Waals surface area contributed by atoms with Crippen LogP contribution in [0, 0.1) is 0 Å². The van der Waals surface area contributed by atoms with Crippen LogP contribution in [0.3, 0.4) is 0 Å². The number of rotatable bonds is 5. The van der Waals surface area contributed by atoms with Crippen molar-refractivity contribution in [3.8, 4) is 11.4 Å². The van der Waals surface area contributed by atoms with Gasteiger partial charge in [-0.3, -0.25) is 0 Å². The largest absolute Gasteiger partial charge is 0.444 e. The summed E-state index contributed by atoms with van der Waals surface area (Å²) in [5.74, 6) is 1.53. The molecule has 0 unspecified atom stereocenters. The van der Waals surface area contributed by atoms with Crippen molar-refractivity contribution in [1.82, 2.24) is 20.2 Å². The van der Waals surface area contributed by atoms with Gasteiger partial charge in [0, 0.05) is 50.1 Å². The topological polar surface area (TPSA) is 109 Å². The van der Waals surface area contributed by atoms with Gasteiger partial charge in [0.1, 0.15) is 11.4 Å². The summed E-state index contributed by atoms with van der Waals surface area (Å²) in [5, 5.41) is 5.53. The molecule has 200 valence electrons. The maximum atomic E-state index is 12.8. The van der Waals surface area contributed by atoms with Crippen LogP contribution in [-0.2, 0) is 22.4 Å². The fourth-order valence-electron chi connectivity index (χ4n) is 4.63. The Kier molecular flexibility index (Phi) is 8.16. The van der Waals surface area contributed by atoms with Gasteiger partial charge in [0.2, 0.25) is 0 Å². The molecule has 0 aliphatic carbocycles. The van der Waals surface area contributed by atoms with Gasteiger partial charge in [-0.25, -0.2) is 19.6 Å². The third-order valence-corrected chi connectivity index (χ3v) is 6.51. The lowest BCUT2D eigenvalue weighted by atomic mass is 10.0. The van der Waals surface area contributed by atoms with E-state index in [2.05, 4.69) is 15.5 Å². The third kappa shape index (κ3) is 6.68. The number of benzene rings is 1. The number of fused-ring (bicyclic) bond motifs is 1. The van der Waals surface area contributed by atoms with E-state index in [0.717, 1.165) is 48.6 Å². The Labute approximate surface area is 218 Å².